The van der Waals surface area contributed by atoms with Crippen LogP contribution in [0.4, 0.5) is 0 Å². The fraction of sp³-hybridized carbons (Fsp3) is 0.167. The molecule has 0 aromatic heterocycles. The van der Waals surface area contributed by atoms with E-state index in [2.05, 4.69) is 0 Å². The second-order valence-electron chi connectivity index (χ2n) is 3.33. The van der Waals surface area contributed by atoms with Crippen molar-refractivity contribution in [3.8, 4) is 12.1 Å². The predicted molar refractivity (Wildman–Crippen MR) is 62.9 cm³/mol. The molecule has 0 amide bonds. The number of benzene rings is 1. The van der Waals surface area contributed by atoms with Gasteiger partial charge in [0.05, 0.1) is 0 Å². The van der Waals surface area contributed by atoms with Crippen LogP contribution in [-0.2, 0) is 14.1 Å². The lowest BCUT2D eigenvalue weighted by Crippen LogP contribution is -2.12. The average Bonchev–Trinajstić information content (AvgIpc) is 2.31. The number of hydrogen-bond donors (Lipinski definition) is 0. The SMILES string of the molecule is C[S+](=O)(CC=C(C#N)C#N)c1ccccc1. The molecule has 0 bridgehead atoms. The van der Waals surface area contributed by atoms with Crippen LogP contribution in [0, 0.1) is 22.7 Å². The Bertz CT molecular complexity index is 504. The summed E-state index contributed by atoms with van der Waals surface area (Å²) in [7, 11) is -2.20. The van der Waals surface area contributed by atoms with Crippen LogP contribution in [0.3, 0.4) is 0 Å². The maximum atomic E-state index is 12.3. The molecule has 0 radical (unpaired) electrons. The molecule has 0 fully saturated rings. The minimum Gasteiger partial charge on any atom is -0.192 e. The van der Waals surface area contributed by atoms with E-state index in [0.29, 0.717) is 0 Å². The highest BCUT2D eigenvalue weighted by Crippen LogP contribution is 2.16. The Morgan fingerprint density at radius 2 is 1.88 bits per heavy atom. The van der Waals surface area contributed by atoms with E-state index in [1.807, 2.05) is 18.2 Å². The molecule has 0 aliphatic rings. The van der Waals surface area contributed by atoms with Gasteiger partial charge in [-0.05, 0) is 18.2 Å². The van der Waals surface area contributed by atoms with Crippen LogP contribution < -0.4 is 0 Å². The molecule has 4 heteroatoms. The van der Waals surface area contributed by atoms with Crippen LogP contribution >= 0.6 is 0 Å². The number of nitriles is 2. The number of hydrogen-bond acceptors (Lipinski definition) is 3. The molecule has 16 heavy (non-hydrogen) atoms. The Balaban J connectivity index is 2.91. The maximum Gasteiger partial charge on any atom is 0.158 e. The van der Waals surface area contributed by atoms with Crippen LogP contribution in [0.15, 0.2) is 46.9 Å². The van der Waals surface area contributed by atoms with Crippen LogP contribution in [0.25, 0.3) is 0 Å². The molecule has 0 heterocycles. The van der Waals surface area contributed by atoms with E-state index >= 15 is 0 Å². The van der Waals surface area contributed by atoms with Gasteiger partial charge in [-0.1, -0.05) is 22.4 Å². The highest BCUT2D eigenvalue weighted by molar-refractivity contribution is 8.02. The molecule has 0 spiro atoms. The monoisotopic (exact) mass is 231 g/mol. The Hall–Kier alpha value is -1.91. The number of rotatable bonds is 3. The van der Waals surface area contributed by atoms with E-state index in [0.717, 1.165) is 4.90 Å². The Morgan fingerprint density at radius 3 is 2.38 bits per heavy atom. The van der Waals surface area contributed by atoms with E-state index in [1.165, 1.54) is 6.08 Å². The van der Waals surface area contributed by atoms with E-state index in [9.17, 15) is 4.21 Å². The predicted octanol–water partition coefficient (Wildman–Crippen LogP) is 2.15. The summed E-state index contributed by atoms with van der Waals surface area (Å²) in [5.74, 6) is 0.216. The normalized spacial score (nSPS) is 12.9. The average molecular weight is 231 g/mol. The largest absolute Gasteiger partial charge is 0.192 e. The zero-order chi connectivity index (χ0) is 12.0. The molecule has 0 saturated heterocycles. The van der Waals surface area contributed by atoms with Gasteiger partial charge >= 0.3 is 0 Å². The summed E-state index contributed by atoms with van der Waals surface area (Å²) in [5.41, 5.74) is 0.00510. The van der Waals surface area contributed by atoms with Gasteiger partial charge in [-0.3, -0.25) is 0 Å². The van der Waals surface area contributed by atoms with Crippen molar-refractivity contribution in [3.05, 3.63) is 42.0 Å². The standard InChI is InChI=1S/C12H11N2OS/c1-16(15,8-7-11(9-13)10-14)12-5-3-2-4-6-12/h2-7H,8H2,1H3/q+1. The molecular weight excluding hydrogens is 220 g/mol. The third-order valence-electron chi connectivity index (χ3n) is 2.09. The molecule has 0 N–H and O–H groups in total. The zero-order valence-electron chi connectivity index (χ0n) is 8.88. The summed E-state index contributed by atoms with van der Waals surface area (Å²) in [5, 5.41) is 17.1. The van der Waals surface area contributed by atoms with Crippen LogP contribution in [0.2, 0.25) is 0 Å². The van der Waals surface area contributed by atoms with Crippen molar-refractivity contribution >= 4 is 9.93 Å². The highest BCUT2D eigenvalue weighted by Gasteiger charge is 2.22. The minimum atomic E-state index is -2.20. The lowest BCUT2D eigenvalue weighted by molar-refractivity contribution is 0.589. The Morgan fingerprint density at radius 1 is 1.31 bits per heavy atom. The van der Waals surface area contributed by atoms with Crippen molar-refractivity contribution in [1.29, 1.82) is 10.5 Å². The second-order valence-corrected chi connectivity index (χ2v) is 6.14. The second kappa shape index (κ2) is 5.25. The van der Waals surface area contributed by atoms with Crippen molar-refractivity contribution in [2.24, 2.45) is 0 Å². The Kier molecular flexibility index (Phi) is 3.99. The molecule has 3 nitrogen and oxygen atoms in total. The molecule has 0 aliphatic carbocycles. The molecule has 1 atom stereocenters. The first-order chi connectivity index (χ1) is 7.60. The third kappa shape index (κ3) is 3.05. The molecule has 0 aliphatic heterocycles. The van der Waals surface area contributed by atoms with Crippen LogP contribution in [0.1, 0.15) is 0 Å². The first-order valence-electron chi connectivity index (χ1n) is 4.62. The summed E-state index contributed by atoms with van der Waals surface area (Å²) >= 11 is 0. The lowest BCUT2D eigenvalue weighted by atomic mass is 10.3. The summed E-state index contributed by atoms with van der Waals surface area (Å²) in [6.45, 7) is 0. The van der Waals surface area contributed by atoms with Gasteiger partial charge in [0, 0.05) is 0 Å². The molecular formula is C12H11N2OS+. The summed E-state index contributed by atoms with van der Waals surface area (Å²) in [6, 6.07) is 12.6. The van der Waals surface area contributed by atoms with Crippen LogP contribution in [-0.4, -0.2) is 12.0 Å². The van der Waals surface area contributed by atoms with E-state index in [1.54, 1.807) is 30.5 Å². The van der Waals surface area contributed by atoms with Gasteiger partial charge < -0.3 is 0 Å². The van der Waals surface area contributed by atoms with Crippen LogP contribution in [0.5, 0.6) is 0 Å². The van der Waals surface area contributed by atoms with Gasteiger partial charge in [0.15, 0.2) is 4.90 Å². The van der Waals surface area contributed by atoms with Crippen molar-refractivity contribution in [1.82, 2.24) is 0 Å². The van der Waals surface area contributed by atoms with E-state index < -0.39 is 9.93 Å². The maximum absolute atomic E-state index is 12.3. The third-order valence-corrected chi connectivity index (χ3v) is 4.16. The van der Waals surface area contributed by atoms with Gasteiger partial charge in [0.25, 0.3) is 0 Å². The summed E-state index contributed by atoms with van der Waals surface area (Å²) in [6.07, 6.45) is 3.06. The first-order valence-corrected chi connectivity index (χ1v) is 6.76. The van der Waals surface area contributed by atoms with Gasteiger partial charge in [-0.25, -0.2) is 0 Å². The molecule has 80 valence electrons. The van der Waals surface area contributed by atoms with Gasteiger partial charge in [-0.15, -0.1) is 0 Å². The fourth-order valence-electron chi connectivity index (χ4n) is 1.16. The van der Waals surface area contributed by atoms with Gasteiger partial charge in [0.2, 0.25) is 0 Å². The fourth-order valence-corrected chi connectivity index (χ4v) is 2.57. The first kappa shape index (κ1) is 12.2. The molecule has 1 aromatic rings. The lowest BCUT2D eigenvalue weighted by Gasteiger charge is -2.03. The summed E-state index contributed by atoms with van der Waals surface area (Å²) in [4.78, 5) is 0.737. The topological polar surface area (TPSA) is 64.7 Å². The molecule has 1 rings (SSSR count). The van der Waals surface area contributed by atoms with Crippen molar-refractivity contribution in [3.63, 3.8) is 0 Å². The quantitative estimate of drug-likeness (QED) is 0.591. The van der Waals surface area contributed by atoms with E-state index in [-0.39, 0.29) is 11.3 Å². The van der Waals surface area contributed by atoms with E-state index in [4.69, 9.17) is 10.5 Å². The highest BCUT2D eigenvalue weighted by atomic mass is 32.2. The van der Waals surface area contributed by atoms with Gasteiger partial charge in [0.1, 0.15) is 39.7 Å². The molecule has 0 saturated carbocycles. The van der Waals surface area contributed by atoms with Crippen molar-refractivity contribution < 1.29 is 4.21 Å². The summed E-state index contributed by atoms with van der Waals surface area (Å²) < 4.78 is 12.3. The minimum absolute atomic E-state index is 0.00510. The number of allylic oxidation sites excluding steroid dienone is 1. The number of nitrogens with zero attached hydrogens (tertiary/aromatic N) is 2. The Labute approximate surface area is 96.1 Å². The van der Waals surface area contributed by atoms with Gasteiger partial charge in [-0.2, -0.15) is 10.5 Å². The zero-order valence-corrected chi connectivity index (χ0v) is 9.70. The van der Waals surface area contributed by atoms with Crippen molar-refractivity contribution in [2.45, 2.75) is 4.90 Å². The smallest absolute Gasteiger partial charge is 0.158 e. The molecule has 1 unspecified atom stereocenters. The molecule has 1 aromatic carbocycles. The van der Waals surface area contributed by atoms with Crippen molar-refractivity contribution in [2.75, 3.05) is 12.0 Å².